The van der Waals surface area contributed by atoms with Crippen LogP contribution in [0.5, 0.6) is 0 Å². The molecule has 3 nitrogen and oxygen atoms in total. The first-order valence-corrected chi connectivity index (χ1v) is 8.66. The second-order valence-corrected chi connectivity index (χ2v) is 7.29. The standard InChI is InChI=1S/C15H5Cl6NO2/c16-6-2-1-5(7(17)3-6)4-22-14(23)8-9(15(22)24)11(19)13(21)12(20)10(8)18/h1-3H,4H2. The molecular formula is C15H5Cl6NO2. The van der Waals surface area contributed by atoms with Gasteiger partial charge in [0.15, 0.2) is 0 Å². The minimum atomic E-state index is -0.619. The van der Waals surface area contributed by atoms with E-state index in [2.05, 4.69) is 0 Å². The molecule has 0 aromatic heterocycles. The number of fused-ring (bicyclic) bond motifs is 1. The van der Waals surface area contributed by atoms with E-state index in [0.717, 1.165) is 4.90 Å². The van der Waals surface area contributed by atoms with Gasteiger partial charge in [0.25, 0.3) is 11.8 Å². The normalized spacial score (nSPS) is 13.7. The molecule has 124 valence electrons. The first kappa shape index (κ1) is 18.1. The summed E-state index contributed by atoms with van der Waals surface area (Å²) in [6, 6.07) is 4.75. The van der Waals surface area contributed by atoms with E-state index < -0.39 is 11.8 Å². The summed E-state index contributed by atoms with van der Waals surface area (Å²) in [4.78, 5) is 26.2. The van der Waals surface area contributed by atoms with Crippen LogP contribution >= 0.6 is 69.6 Å². The van der Waals surface area contributed by atoms with Crippen LogP contribution in [0, 0.1) is 0 Å². The smallest absolute Gasteiger partial charge is 0.263 e. The summed E-state index contributed by atoms with van der Waals surface area (Å²) in [5, 5.41) is 0.403. The lowest BCUT2D eigenvalue weighted by Gasteiger charge is -2.15. The molecule has 0 radical (unpaired) electrons. The van der Waals surface area contributed by atoms with Gasteiger partial charge in [-0.1, -0.05) is 75.7 Å². The van der Waals surface area contributed by atoms with Gasteiger partial charge >= 0.3 is 0 Å². The second kappa shape index (κ2) is 6.56. The zero-order chi connectivity index (χ0) is 17.8. The van der Waals surface area contributed by atoms with Crippen LogP contribution in [-0.4, -0.2) is 16.7 Å². The van der Waals surface area contributed by atoms with Gasteiger partial charge in [-0.3, -0.25) is 14.5 Å². The number of benzene rings is 2. The molecule has 2 amide bonds. The molecule has 24 heavy (non-hydrogen) atoms. The van der Waals surface area contributed by atoms with Gasteiger partial charge in [0, 0.05) is 10.0 Å². The molecule has 0 saturated carbocycles. The first-order chi connectivity index (χ1) is 11.2. The molecule has 3 rings (SSSR count). The van der Waals surface area contributed by atoms with E-state index in [4.69, 9.17) is 69.6 Å². The average Bonchev–Trinajstić information content (AvgIpc) is 2.78. The molecule has 2 aromatic carbocycles. The molecule has 1 aliphatic rings. The van der Waals surface area contributed by atoms with Crippen molar-refractivity contribution < 1.29 is 9.59 Å². The summed E-state index contributed by atoms with van der Waals surface area (Å²) in [6.45, 7) is -0.0652. The van der Waals surface area contributed by atoms with Gasteiger partial charge < -0.3 is 0 Å². The largest absolute Gasteiger partial charge is 0.270 e. The Morgan fingerprint density at radius 3 is 1.71 bits per heavy atom. The maximum absolute atomic E-state index is 12.6. The van der Waals surface area contributed by atoms with Crippen LogP contribution in [0.4, 0.5) is 0 Å². The number of nitrogens with zero attached hydrogens (tertiary/aromatic N) is 1. The van der Waals surface area contributed by atoms with Gasteiger partial charge in [-0.25, -0.2) is 0 Å². The van der Waals surface area contributed by atoms with E-state index >= 15 is 0 Å². The van der Waals surface area contributed by atoms with Gasteiger partial charge in [0.05, 0.1) is 37.8 Å². The highest BCUT2D eigenvalue weighted by Crippen LogP contribution is 2.45. The SMILES string of the molecule is O=C1c2c(Cl)c(Cl)c(Cl)c(Cl)c2C(=O)N1Cc1ccc(Cl)cc1Cl. The Kier molecular flexibility index (Phi) is 4.95. The van der Waals surface area contributed by atoms with E-state index in [9.17, 15) is 9.59 Å². The second-order valence-electron chi connectivity index (χ2n) is 4.94. The van der Waals surface area contributed by atoms with Crippen molar-refractivity contribution >= 4 is 81.4 Å². The van der Waals surface area contributed by atoms with Gasteiger partial charge in [-0.15, -0.1) is 0 Å². The summed E-state index contributed by atoms with van der Waals surface area (Å²) in [5.74, 6) is -1.24. The van der Waals surface area contributed by atoms with Crippen molar-refractivity contribution in [2.75, 3.05) is 0 Å². The van der Waals surface area contributed by atoms with Crippen LogP contribution in [0.1, 0.15) is 26.3 Å². The van der Waals surface area contributed by atoms with E-state index in [0.29, 0.717) is 15.6 Å². The monoisotopic (exact) mass is 441 g/mol. The third-order valence-corrected chi connectivity index (χ3v) is 5.92. The molecule has 0 atom stereocenters. The van der Waals surface area contributed by atoms with Gasteiger partial charge in [-0.05, 0) is 17.7 Å². The van der Waals surface area contributed by atoms with Crippen molar-refractivity contribution in [3.8, 4) is 0 Å². The summed E-state index contributed by atoms with van der Waals surface area (Å²) in [6.07, 6.45) is 0. The van der Waals surface area contributed by atoms with E-state index in [-0.39, 0.29) is 37.8 Å². The van der Waals surface area contributed by atoms with Crippen LogP contribution in [0.25, 0.3) is 0 Å². The Morgan fingerprint density at radius 1 is 0.750 bits per heavy atom. The molecule has 0 saturated heterocycles. The van der Waals surface area contributed by atoms with E-state index in [1.54, 1.807) is 12.1 Å². The molecule has 1 heterocycles. The Labute approximate surface area is 166 Å². The van der Waals surface area contributed by atoms with Gasteiger partial charge in [0.2, 0.25) is 0 Å². The lowest BCUT2D eigenvalue weighted by Crippen LogP contribution is -2.29. The van der Waals surface area contributed by atoms with Crippen LogP contribution < -0.4 is 0 Å². The minimum absolute atomic E-state index is 0.0637. The Bertz CT molecular complexity index is 865. The molecule has 1 aliphatic heterocycles. The van der Waals surface area contributed by atoms with Crippen LogP contribution in [-0.2, 0) is 6.54 Å². The lowest BCUT2D eigenvalue weighted by molar-refractivity contribution is 0.0642. The van der Waals surface area contributed by atoms with E-state index in [1.165, 1.54) is 6.07 Å². The van der Waals surface area contributed by atoms with Crippen molar-refractivity contribution in [2.45, 2.75) is 6.54 Å². The zero-order valence-corrected chi connectivity index (χ0v) is 16.0. The highest BCUT2D eigenvalue weighted by atomic mass is 35.5. The Hall–Kier alpha value is -0.680. The maximum Gasteiger partial charge on any atom is 0.263 e. The van der Waals surface area contributed by atoms with Crippen molar-refractivity contribution in [1.29, 1.82) is 0 Å². The topological polar surface area (TPSA) is 37.4 Å². The number of amides is 2. The third kappa shape index (κ3) is 2.78. The Morgan fingerprint density at radius 2 is 1.25 bits per heavy atom. The molecule has 0 fully saturated rings. The van der Waals surface area contributed by atoms with Crippen molar-refractivity contribution in [1.82, 2.24) is 4.90 Å². The molecule has 0 bridgehead atoms. The number of imide groups is 1. The van der Waals surface area contributed by atoms with Crippen LogP contribution in [0.3, 0.4) is 0 Å². The molecule has 0 N–H and O–H groups in total. The average molecular weight is 444 g/mol. The lowest BCUT2D eigenvalue weighted by atomic mass is 10.1. The number of hydrogen-bond donors (Lipinski definition) is 0. The summed E-state index contributed by atoms with van der Waals surface area (Å²) < 4.78 is 0. The Balaban J connectivity index is 2.08. The van der Waals surface area contributed by atoms with Crippen LogP contribution in [0.2, 0.25) is 30.1 Å². The highest BCUT2D eigenvalue weighted by molar-refractivity contribution is 6.55. The predicted molar refractivity (Wildman–Crippen MR) is 97.1 cm³/mol. The molecule has 0 aliphatic carbocycles. The fraction of sp³-hybridized carbons (Fsp3) is 0.0667. The van der Waals surface area contributed by atoms with Crippen molar-refractivity contribution in [2.24, 2.45) is 0 Å². The number of carbonyl (C=O) groups is 2. The fourth-order valence-corrected chi connectivity index (χ4v) is 3.84. The number of rotatable bonds is 2. The summed E-state index contributed by atoms with van der Waals surface area (Å²) in [7, 11) is 0. The molecule has 0 unspecified atom stereocenters. The zero-order valence-electron chi connectivity index (χ0n) is 11.5. The summed E-state index contributed by atoms with van der Waals surface area (Å²) in [5.41, 5.74) is 0.414. The number of hydrogen-bond acceptors (Lipinski definition) is 2. The molecular weight excluding hydrogens is 439 g/mol. The fourth-order valence-electron chi connectivity index (χ4n) is 2.36. The van der Waals surface area contributed by atoms with Crippen molar-refractivity contribution in [3.05, 3.63) is 65.0 Å². The summed E-state index contributed by atoms with van der Waals surface area (Å²) >= 11 is 36.0. The number of carbonyl (C=O) groups excluding carboxylic acids is 2. The van der Waals surface area contributed by atoms with Crippen molar-refractivity contribution in [3.63, 3.8) is 0 Å². The quantitative estimate of drug-likeness (QED) is 0.306. The van der Waals surface area contributed by atoms with Gasteiger partial charge in [-0.2, -0.15) is 0 Å². The highest BCUT2D eigenvalue weighted by Gasteiger charge is 2.41. The molecule has 2 aromatic rings. The number of halogens is 6. The van der Waals surface area contributed by atoms with E-state index in [1.807, 2.05) is 0 Å². The maximum atomic E-state index is 12.6. The third-order valence-electron chi connectivity index (χ3n) is 3.53. The minimum Gasteiger partial charge on any atom is -0.270 e. The van der Waals surface area contributed by atoms with Crippen LogP contribution in [0.15, 0.2) is 18.2 Å². The predicted octanol–water partition coefficient (Wildman–Crippen LogP) is 6.40. The molecule has 9 heteroatoms. The van der Waals surface area contributed by atoms with Gasteiger partial charge in [0.1, 0.15) is 0 Å². The molecule has 0 spiro atoms. The first-order valence-electron chi connectivity index (χ1n) is 6.40.